The van der Waals surface area contributed by atoms with Crippen molar-refractivity contribution in [2.75, 3.05) is 0 Å². The van der Waals surface area contributed by atoms with Crippen LogP contribution in [0.1, 0.15) is 44.9 Å². The van der Waals surface area contributed by atoms with Gasteiger partial charge in [-0.15, -0.1) is 11.8 Å². The van der Waals surface area contributed by atoms with Crippen LogP contribution in [0.5, 0.6) is 0 Å². The lowest BCUT2D eigenvalue weighted by molar-refractivity contribution is 0.609. The third-order valence-electron chi connectivity index (χ3n) is 3.03. The van der Waals surface area contributed by atoms with Gasteiger partial charge in [-0.1, -0.05) is 20.8 Å². The summed E-state index contributed by atoms with van der Waals surface area (Å²) >= 11 is 1.78. The second-order valence-electron chi connectivity index (χ2n) is 4.99. The Morgan fingerprint density at radius 3 is 2.24 bits per heavy atom. The van der Waals surface area contributed by atoms with Crippen LogP contribution >= 0.6 is 11.8 Å². The van der Waals surface area contributed by atoms with E-state index in [9.17, 15) is 4.39 Å². The first-order chi connectivity index (χ1) is 7.82. The van der Waals surface area contributed by atoms with Crippen LogP contribution in [0.4, 0.5) is 4.39 Å². The number of thioether (sulfide) groups is 1. The monoisotopic (exact) mass is 255 g/mol. The van der Waals surface area contributed by atoms with Crippen molar-refractivity contribution in [3.8, 4) is 0 Å². The number of nitrogens with two attached hydrogens (primary N) is 1. The van der Waals surface area contributed by atoms with Gasteiger partial charge in [0.1, 0.15) is 5.82 Å². The molecule has 3 heteroatoms. The predicted molar refractivity (Wildman–Crippen MR) is 73.9 cm³/mol. The van der Waals surface area contributed by atoms with Gasteiger partial charge in [0, 0.05) is 16.2 Å². The normalized spacial score (nSPS) is 15.1. The first kappa shape index (κ1) is 14.5. The molecule has 1 rings (SSSR count). The van der Waals surface area contributed by atoms with E-state index in [1.165, 1.54) is 0 Å². The van der Waals surface area contributed by atoms with E-state index < -0.39 is 0 Å². The molecule has 0 saturated carbocycles. The number of benzene rings is 1. The molecule has 0 aliphatic rings. The highest BCUT2D eigenvalue weighted by Gasteiger charge is 2.15. The molecule has 1 aromatic carbocycles. The first-order valence-electron chi connectivity index (χ1n) is 6.05. The molecule has 1 unspecified atom stereocenters. The zero-order chi connectivity index (χ0) is 13.2. The average molecular weight is 255 g/mol. The Bertz CT molecular complexity index is 388. The minimum atomic E-state index is -0.168. The molecule has 2 atom stereocenters. The van der Waals surface area contributed by atoms with E-state index in [-0.39, 0.29) is 11.9 Å². The van der Waals surface area contributed by atoms with Gasteiger partial charge in [-0.3, -0.25) is 0 Å². The Hall–Kier alpha value is -0.540. The number of hydrogen-bond acceptors (Lipinski definition) is 2. The van der Waals surface area contributed by atoms with Crippen LogP contribution in [-0.4, -0.2) is 5.25 Å². The molecule has 0 radical (unpaired) electrons. The molecule has 0 amide bonds. The SMILES string of the molecule is Cc1cc(SC(C)C(C)C)c([C@H](C)N)cc1F. The van der Waals surface area contributed by atoms with Crippen LogP contribution in [0.15, 0.2) is 17.0 Å². The van der Waals surface area contributed by atoms with Crippen LogP contribution in [0.25, 0.3) is 0 Å². The van der Waals surface area contributed by atoms with Crippen molar-refractivity contribution in [3.05, 3.63) is 29.1 Å². The molecule has 0 aliphatic heterocycles. The highest BCUT2D eigenvalue weighted by molar-refractivity contribution is 8.00. The Labute approximate surface area is 108 Å². The maximum atomic E-state index is 13.6. The van der Waals surface area contributed by atoms with Crippen LogP contribution in [-0.2, 0) is 0 Å². The van der Waals surface area contributed by atoms with E-state index in [4.69, 9.17) is 5.73 Å². The zero-order valence-corrected chi connectivity index (χ0v) is 12.1. The largest absolute Gasteiger partial charge is 0.324 e. The van der Waals surface area contributed by atoms with Crippen molar-refractivity contribution in [1.29, 1.82) is 0 Å². The smallest absolute Gasteiger partial charge is 0.126 e. The minimum Gasteiger partial charge on any atom is -0.324 e. The van der Waals surface area contributed by atoms with Crippen LogP contribution < -0.4 is 5.73 Å². The Morgan fingerprint density at radius 1 is 1.18 bits per heavy atom. The third kappa shape index (κ3) is 3.71. The van der Waals surface area contributed by atoms with Crippen LogP contribution in [0.2, 0.25) is 0 Å². The summed E-state index contributed by atoms with van der Waals surface area (Å²) in [4.78, 5) is 1.11. The molecule has 1 aromatic rings. The van der Waals surface area contributed by atoms with Gasteiger partial charge in [0.2, 0.25) is 0 Å². The standard InChI is InChI=1S/C14H22FNS/c1-8(2)11(5)17-14-6-9(3)13(15)7-12(14)10(4)16/h6-8,10-11H,16H2,1-5H3/t10-,11?/m0/s1. The van der Waals surface area contributed by atoms with E-state index in [0.717, 1.165) is 10.5 Å². The second-order valence-corrected chi connectivity index (χ2v) is 6.41. The van der Waals surface area contributed by atoms with Crippen molar-refractivity contribution in [3.63, 3.8) is 0 Å². The summed E-state index contributed by atoms with van der Waals surface area (Å²) in [5, 5.41) is 0.498. The van der Waals surface area contributed by atoms with E-state index in [1.54, 1.807) is 24.8 Å². The molecular weight excluding hydrogens is 233 g/mol. The topological polar surface area (TPSA) is 26.0 Å². The van der Waals surface area contributed by atoms with Crippen LogP contribution in [0.3, 0.4) is 0 Å². The highest BCUT2D eigenvalue weighted by atomic mass is 32.2. The Balaban J connectivity index is 3.08. The van der Waals surface area contributed by atoms with Crippen LogP contribution in [0, 0.1) is 18.7 Å². The summed E-state index contributed by atoms with van der Waals surface area (Å²) in [6.45, 7) is 10.3. The molecule has 2 N–H and O–H groups in total. The molecule has 0 fully saturated rings. The van der Waals surface area contributed by atoms with E-state index in [1.807, 2.05) is 13.0 Å². The van der Waals surface area contributed by atoms with Crippen molar-refractivity contribution in [1.82, 2.24) is 0 Å². The quantitative estimate of drug-likeness (QED) is 0.812. The van der Waals surface area contributed by atoms with Gasteiger partial charge in [0.05, 0.1) is 0 Å². The highest BCUT2D eigenvalue weighted by Crippen LogP contribution is 2.34. The number of aryl methyl sites for hydroxylation is 1. The summed E-state index contributed by atoms with van der Waals surface area (Å²) in [6, 6.07) is 3.36. The zero-order valence-electron chi connectivity index (χ0n) is 11.3. The fraction of sp³-hybridized carbons (Fsp3) is 0.571. The predicted octanol–water partition coefficient (Wildman–Crippen LogP) is 4.29. The average Bonchev–Trinajstić information content (AvgIpc) is 2.22. The van der Waals surface area contributed by atoms with Crippen molar-refractivity contribution >= 4 is 11.8 Å². The summed E-state index contributed by atoms with van der Waals surface area (Å²) in [6.07, 6.45) is 0. The van der Waals surface area contributed by atoms with Gasteiger partial charge in [0.15, 0.2) is 0 Å². The second kappa shape index (κ2) is 5.87. The number of hydrogen-bond donors (Lipinski definition) is 1. The first-order valence-corrected chi connectivity index (χ1v) is 6.93. The fourth-order valence-corrected chi connectivity index (χ4v) is 2.76. The van der Waals surface area contributed by atoms with Gasteiger partial charge in [-0.05, 0) is 43.0 Å². The summed E-state index contributed by atoms with van der Waals surface area (Å²) in [5.74, 6) is 0.421. The molecule has 0 saturated heterocycles. The third-order valence-corrected chi connectivity index (χ3v) is 4.56. The van der Waals surface area contributed by atoms with Crippen molar-refractivity contribution < 1.29 is 4.39 Å². The molecule has 0 aromatic heterocycles. The minimum absolute atomic E-state index is 0.132. The molecule has 96 valence electrons. The van der Waals surface area contributed by atoms with E-state index in [0.29, 0.717) is 16.7 Å². The van der Waals surface area contributed by atoms with Gasteiger partial charge >= 0.3 is 0 Å². The number of halogens is 1. The summed E-state index contributed by atoms with van der Waals surface area (Å²) in [7, 11) is 0. The van der Waals surface area contributed by atoms with Gasteiger partial charge < -0.3 is 5.73 Å². The molecular formula is C14H22FNS. The Kier molecular flexibility index (Phi) is 5.02. The van der Waals surface area contributed by atoms with Gasteiger partial charge in [-0.2, -0.15) is 0 Å². The van der Waals surface area contributed by atoms with Crippen molar-refractivity contribution in [2.24, 2.45) is 11.7 Å². The lowest BCUT2D eigenvalue weighted by atomic mass is 10.1. The molecule has 0 heterocycles. The van der Waals surface area contributed by atoms with E-state index in [2.05, 4.69) is 20.8 Å². The molecule has 17 heavy (non-hydrogen) atoms. The maximum Gasteiger partial charge on any atom is 0.126 e. The summed E-state index contributed by atoms with van der Waals surface area (Å²) in [5.41, 5.74) is 7.50. The molecule has 0 bridgehead atoms. The van der Waals surface area contributed by atoms with Gasteiger partial charge in [-0.25, -0.2) is 4.39 Å². The molecule has 0 spiro atoms. The lowest BCUT2D eigenvalue weighted by Gasteiger charge is -2.19. The van der Waals surface area contributed by atoms with Gasteiger partial charge in [0.25, 0.3) is 0 Å². The Morgan fingerprint density at radius 2 is 1.76 bits per heavy atom. The summed E-state index contributed by atoms with van der Waals surface area (Å²) < 4.78 is 13.6. The molecule has 1 nitrogen and oxygen atoms in total. The maximum absolute atomic E-state index is 13.6. The lowest BCUT2D eigenvalue weighted by Crippen LogP contribution is -2.11. The van der Waals surface area contributed by atoms with E-state index >= 15 is 0 Å². The van der Waals surface area contributed by atoms with Crippen molar-refractivity contribution in [2.45, 2.75) is 50.8 Å². The number of rotatable bonds is 4. The fourth-order valence-electron chi connectivity index (χ4n) is 1.46. The molecule has 0 aliphatic carbocycles.